The van der Waals surface area contributed by atoms with Gasteiger partial charge in [0.1, 0.15) is 0 Å². The van der Waals surface area contributed by atoms with Crippen LogP contribution in [0.25, 0.3) is 0 Å². The monoisotopic (exact) mass is 263 g/mol. The molecule has 1 aliphatic carbocycles. The summed E-state index contributed by atoms with van der Waals surface area (Å²) in [7, 11) is 0. The number of aliphatic hydroxyl groups excluding tert-OH is 2. The van der Waals surface area contributed by atoms with Crippen molar-refractivity contribution in [2.45, 2.75) is 37.6 Å². The number of carbonyl (C=O) groups is 1. The first-order valence-corrected chi connectivity index (χ1v) is 6.72. The Morgan fingerprint density at radius 2 is 2.05 bits per heavy atom. The Kier molecular flexibility index (Phi) is 4.22. The molecule has 0 aromatic heterocycles. The summed E-state index contributed by atoms with van der Waals surface area (Å²) in [5.41, 5.74) is 1.69. The fourth-order valence-corrected chi connectivity index (χ4v) is 2.59. The van der Waals surface area contributed by atoms with Gasteiger partial charge < -0.3 is 15.5 Å². The minimum Gasteiger partial charge on any atom is -0.394 e. The normalized spacial score (nSPS) is 17.1. The molecular weight excluding hydrogens is 242 g/mol. The van der Waals surface area contributed by atoms with E-state index in [1.54, 1.807) is 0 Å². The van der Waals surface area contributed by atoms with Crippen molar-refractivity contribution in [3.63, 3.8) is 0 Å². The Morgan fingerprint density at radius 1 is 1.37 bits per heavy atom. The molecule has 1 amide bonds. The first-order chi connectivity index (χ1) is 9.12. The maximum Gasteiger partial charge on any atom is 0.231 e. The van der Waals surface area contributed by atoms with Crippen LogP contribution in [0.3, 0.4) is 0 Å². The molecule has 0 heterocycles. The van der Waals surface area contributed by atoms with Crippen LogP contribution in [0.15, 0.2) is 24.3 Å². The zero-order chi connectivity index (χ0) is 13.9. The number of benzene rings is 1. The van der Waals surface area contributed by atoms with E-state index in [0.717, 1.165) is 30.4 Å². The zero-order valence-electron chi connectivity index (χ0n) is 11.2. The number of aliphatic hydroxyl groups is 2. The van der Waals surface area contributed by atoms with Crippen LogP contribution in [0.2, 0.25) is 0 Å². The number of nitrogens with one attached hydrogen (secondary N) is 1. The van der Waals surface area contributed by atoms with Gasteiger partial charge in [-0.25, -0.2) is 0 Å². The van der Waals surface area contributed by atoms with Crippen molar-refractivity contribution >= 4 is 5.91 Å². The topological polar surface area (TPSA) is 69.6 Å². The van der Waals surface area contributed by atoms with Crippen LogP contribution in [0.1, 0.15) is 30.4 Å². The van der Waals surface area contributed by atoms with Gasteiger partial charge in [0.05, 0.1) is 24.7 Å². The molecule has 104 valence electrons. The minimum atomic E-state index is -0.574. The van der Waals surface area contributed by atoms with E-state index in [1.165, 1.54) is 0 Å². The summed E-state index contributed by atoms with van der Waals surface area (Å²) in [6.45, 7) is 1.52. The molecule has 0 saturated heterocycles. The van der Waals surface area contributed by atoms with E-state index in [2.05, 4.69) is 5.32 Å². The van der Waals surface area contributed by atoms with Gasteiger partial charge in [-0.15, -0.1) is 0 Å². The lowest BCUT2D eigenvalue weighted by Gasteiger charge is -2.41. The molecule has 1 saturated carbocycles. The van der Waals surface area contributed by atoms with Crippen LogP contribution in [0.4, 0.5) is 0 Å². The van der Waals surface area contributed by atoms with E-state index in [1.807, 2.05) is 31.2 Å². The van der Waals surface area contributed by atoms with Crippen molar-refractivity contribution in [1.82, 2.24) is 5.32 Å². The van der Waals surface area contributed by atoms with Gasteiger partial charge in [-0.05, 0) is 25.3 Å². The number of amides is 1. The molecule has 0 radical (unpaired) electrons. The summed E-state index contributed by atoms with van der Waals surface area (Å²) in [6, 6.07) is 7.44. The van der Waals surface area contributed by atoms with Gasteiger partial charge in [-0.1, -0.05) is 36.2 Å². The number of aryl methyl sites for hydroxylation is 1. The fraction of sp³-hybridized carbons (Fsp3) is 0.533. The fourth-order valence-electron chi connectivity index (χ4n) is 2.59. The highest BCUT2D eigenvalue weighted by Crippen LogP contribution is 2.44. The molecule has 1 aromatic carbocycles. The summed E-state index contributed by atoms with van der Waals surface area (Å²) in [4.78, 5) is 12.5. The average molecular weight is 263 g/mol. The lowest BCUT2D eigenvalue weighted by Crippen LogP contribution is -2.53. The van der Waals surface area contributed by atoms with Crippen LogP contribution in [-0.2, 0) is 10.2 Å². The quantitative estimate of drug-likeness (QED) is 0.739. The SMILES string of the molecule is Cc1cccc(C2(C(=O)NC(CO)CO)CCC2)c1. The molecule has 1 aliphatic rings. The molecule has 1 aromatic rings. The van der Waals surface area contributed by atoms with Gasteiger partial charge in [0, 0.05) is 0 Å². The zero-order valence-corrected chi connectivity index (χ0v) is 11.2. The van der Waals surface area contributed by atoms with Crippen LogP contribution >= 0.6 is 0 Å². The van der Waals surface area contributed by atoms with Crippen LogP contribution in [-0.4, -0.2) is 35.4 Å². The molecule has 0 unspecified atom stereocenters. The highest BCUT2D eigenvalue weighted by Gasteiger charge is 2.45. The van der Waals surface area contributed by atoms with E-state index in [4.69, 9.17) is 10.2 Å². The first kappa shape index (κ1) is 14.0. The molecule has 19 heavy (non-hydrogen) atoms. The number of hydrogen-bond donors (Lipinski definition) is 3. The van der Waals surface area contributed by atoms with Crippen molar-refractivity contribution in [3.05, 3.63) is 35.4 Å². The lowest BCUT2D eigenvalue weighted by atomic mass is 9.63. The largest absolute Gasteiger partial charge is 0.394 e. The molecule has 2 rings (SSSR count). The summed E-state index contributed by atoms with van der Waals surface area (Å²) in [6.07, 6.45) is 2.68. The van der Waals surface area contributed by atoms with Crippen molar-refractivity contribution in [1.29, 1.82) is 0 Å². The Bertz CT molecular complexity index is 450. The summed E-state index contributed by atoms with van der Waals surface area (Å²) in [5, 5.41) is 20.9. The van der Waals surface area contributed by atoms with Crippen LogP contribution in [0.5, 0.6) is 0 Å². The van der Waals surface area contributed by atoms with Crippen molar-refractivity contribution in [2.24, 2.45) is 0 Å². The van der Waals surface area contributed by atoms with Gasteiger partial charge >= 0.3 is 0 Å². The van der Waals surface area contributed by atoms with Gasteiger partial charge in [-0.3, -0.25) is 4.79 Å². The Labute approximate surface area is 113 Å². The second kappa shape index (κ2) is 5.72. The lowest BCUT2D eigenvalue weighted by molar-refractivity contribution is -0.131. The van der Waals surface area contributed by atoms with Gasteiger partial charge in [0.2, 0.25) is 5.91 Å². The minimum absolute atomic E-state index is 0.0857. The van der Waals surface area contributed by atoms with Gasteiger partial charge in [-0.2, -0.15) is 0 Å². The molecule has 0 atom stereocenters. The molecule has 4 nitrogen and oxygen atoms in total. The van der Waals surface area contributed by atoms with Crippen molar-refractivity contribution < 1.29 is 15.0 Å². The van der Waals surface area contributed by atoms with Gasteiger partial charge in [0.25, 0.3) is 0 Å². The number of carbonyl (C=O) groups excluding carboxylic acids is 1. The smallest absolute Gasteiger partial charge is 0.231 e. The second-order valence-corrected chi connectivity index (χ2v) is 5.34. The summed E-state index contributed by atoms with van der Waals surface area (Å²) in [5.74, 6) is -0.0857. The van der Waals surface area contributed by atoms with E-state index in [0.29, 0.717) is 0 Å². The number of rotatable bonds is 5. The molecule has 0 aliphatic heterocycles. The Balaban J connectivity index is 2.20. The van der Waals surface area contributed by atoms with E-state index in [9.17, 15) is 4.79 Å². The second-order valence-electron chi connectivity index (χ2n) is 5.34. The molecule has 3 N–H and O–H groups in total. The molecular formula is C15H21NO3. The first-order valence-electron chi connectivity index (χ1n) is 6.72. The van der Waals surface area contributed by atoms with Crippen LogP contribution in [0, 0.1) is 6.92 Å². The maximum absolute atomic E-state index is 12.5. The van der Waals surface area contributed by atoms with E-state index >= 15 is 0 Å². The highest BCUT2D eigenvalue weighted by molar-refractivity contribution is 5.89. The molecule has 0 spiro atoms. The third-order valence-electron chi connectivity index (χ3n) is 3.99. The van der Waals surface area contributed by atoms with Gasteiger partial charge in [0.15, 0.2) is 0 Å². The average Bonchev–Trinajstić information content (AvgIpc) is 2.34. The highest BCUT2D eigenvalue weighted by atomic mass is 16.3. The predicted molar refractivity (Wildman–Crippen MR) is 72.8 cm³/mol. The Hall–Kier alpha value is -1.39. The predicted octanol–water partition coefficient (Wildman–Crippen LogP) is 0.886. The van der Waals surface area contributed by atoms with Crippen molar-refractivity contribution in [3.8, 4) is 0 Å². The Morgan fingerprint density at radius 3 is 2.53 bits per heavy atom. The third kappa shape index (κ3) is 2.65. The van der Waals surface area contributed by atoms with E-state index in [-0.39, 0.29) is 19.1 Å². The molecule has 0 bridgehead atoms. The standard InChI is InChI=1S/C15H21NO3/c1-11-4-2-5-12(8-11)15(6-3-7-15)14(19)16-13(9-17)10-18/h2,4-5,8,13,17-18H,3,6-7,9-10H2,1H3,(H,16,19). The molecule has 1 fully saturated rings. The third-order valence-corrected chi connectivity index (χ3v) is 3.99. The summed E-state index contributed by atoms with van der Waals surface area (Å²) < 4.78 is 0. The maximum atomic E-state index is 12.5. The van der Waals surface area contributed by atoms with Crippen LogP contribution < -0.4 is 5.32 Å². The molecule has 4 heteroatoms. The van der Waals surface area contributed by atoms with Crippen molar-refractivity contribution in [2.75, 3.05) is 13.2 Å². The summed E-state index contributed by atoms with van der Waals surface area (Å²) >= 11 is 0. The number of hydrogen-bond acceptors (Lipinski definition) is 3. The van der Waals surface area contributed by atoms with E-state index < -0.39 is 11.5 Å².